The maximum absolute atomic E-state index is 12.1. The summed E-state index contributed by atoms with van der Waals surface area (Å²) in [6.45, 7) is 1.93. The number of aromatic nitrogens is 2. The predicted molar refractivity (Wildman–Crippen MR) is 110 cm³/mol. The molecule has 4 rings (SSSR count). The van der Waals surface area contributed by atoms with Gasteiger partial charge in [0.2, 0.25) is 0 Å². The molecular formula is C23H19N3O2. The number of nitrogens with one attached hydrogen (secondary N) is 1. The number of nitrogens with zero attached hydrogens (tertiary/aromatic N) is 2. The number of anilines is 1. The van der Waals surface area contributed by atoms with Crippen LogP contribution in [0.25, 0.3) is 22.3 Å². The minimum absolute atomic E-state index is 0.0525. The van der Waals surface area contributed by atoms with Gasteiger partial charge in [0, 0.05) is 11.3 Å². The van der Waals surface area contributed by atoms with E-state index in [0.29, 0.717) is 5.75 Å². The normalized spacial score (nSPS) is 10.6. The monoisotopic (exact) mass is 369 g/mol. The fourth-order valence-corrected chi connectivity index (χ4v) is 2.89. The van der Waals surface area contributed by atoms with Crippen molar-refractivity contribution in [3.05, 3.63) is 84.6 Å². The summed E-state index contributed by atoms with van der Waals surface area (Å²) in [4.78, 5) is 21.1. The minimum Gasteiger partial charge on any atom is -0.484 e. The highest BCUT2D eigenvalue weighted by atomic mass is 16.5. The second kappa shape index (κ2) is 7.88. The maximum Gasteiger partial charge on any atom is 0.262 e. The molecule has 1 amide bonds. The molecule has 0 bridgehead atoms. The van der Waals surface area contributed by atoms with E-state index < -0.39 is 0 Å². The van der Waals surface area contributed by atoms with E-state index in [0.717, 1.165) is 33.5 Å². The smallest absolute Gasteiger partial charge is 0.262 e. The lowest BCUT2D eigenvalue weighted by Gasteiger charge is -2.09. The molecule has 0 saturated heterocycles. The topological polar surface area (TPSA) is 64.1 Å². The van der Waals surface area contributed by atoms with Crippen molar-refractivity contribution in [2.75, 3.05) is 11.9 Å². The van der Waals surface area contributed by atoms with Crippen LogP contribution in [0.3, 0.4) is 0 Å². The van der Waals surface area contributed by atoms with Gasteiger partial charge in [0.25, 0.3) is 5.91 Å². The third-order valence-corrected chi connectivity index (χ3v) is 4.27. The van der Waals surface area contributed by atoms with Crippen LogP contribution in [0.2, 0.25) is 0 Å². The van der Waals surface area contributed by atoms with Crippen LogP contribution in [-0.2, 0) is 4.79 Å². The van der Waals surface area contributed by atoms with Gasteiger partial charge < -0.3 is 10.1 Å². The molecule has 0 unspecified atom stereocenters. The lowest BCUT2D eigenvalue weighted by molar-refractivity contribution is -0.118. The molecule has 3 aromatic carbocycles. The van der Waals surface area contributed by atoms with Gasteiger partial charge in [-0.25, -0.2) is 4.98 Å². The number of benzene rings is 3. The van der Waals surface area contributed by atoms with Crippen LogP contribution in [0.4, 0.5) is 5.69 Å². The molecule has 0 fully saturated rings. The molecule has 28 heavy (non-hydrogen) atoms. The summed E-state index contributed by atoms with van der Waals surface area (Å²) in [5.74, 6) is 0.423. The summed E-state index contributed by atoms with van der Waals surface area (Å²) in [5, 5.41) is 2.83. The highest BCUT2D eigenvalue weighted by Gasteiger charge is 2.06. The van der Waals surface area contributed by atoms with Crippen molar-refractivity contribution >= 4 is 22.6 Å². The van der Waals surface area contributed by atoms with Crippen LogP contribution in [0, 0.1) is 6.92 Å². The van der Waals surface area contributed by atoms with Crippen LogP contribution < -0.4 is 10.1 Å². The number of fused-ring (bicyclic) bond motifs is 1. The van der Waals surface area contributed by atoms with Crippen molar-refractivity contribution < 1.29 is 9.53 Å². The van der Waals surface area contributed by atoms with Gasteiger partial charge in [-0.05, 0) is 61.0 Å². The molecule has 0 aliphatic carbocycles. The molecule has 5 heteroatoms. The number of amides is 1. The molecule has 5 nitrogen and oxygen atoms in total. The molecule has 4 aromatic rings. The maximum atomic E-state index is 12.1. The Morgan fingerprint density at radius 2 is 1.75 bits per heavy atom. The van der Waals surface area contributed by atoms with Crippen molar-refractivity contribution in [1.82, 2.24) is 9.97 Å². The summed E-state index contributed by atoms with van der Waals surface area (Å²) in [5.41, 5.74) is 5.31. The first-order valence-corrected chi connectivity index (χ1v) is 8.99. The SMILES string of the molecule is Cc1cccc(NC(=O)COc2ccc(-c3cnc4ccccc4n3)cc2)c1. The molecule has 0 atom stereocenters. The van der Waals surface area contributed by atoms with E-state index >= 15 is 0 Å². The molecule has 0 radical (unpaired) electrons. The van der Waals surface area contributed by atoms with Crippen LogP contribution in [0.5, 0.6) is 5.75 Å². The summed E-state index contributed by atoms with van der Waals surface area (Å²) in [7, 11) is 0. The molecule has 0 aliphatic heterocycles. The zero-order valence-corrected chi connectivity index (χ0v) is 15.4. The van der Waals surface area contributed by atoms with Gasteiger partial charge in [0.1, 0.15) is 5.75 Å². The molecule has 0 saturated carbocycles. The van der Waals surface area contributed by atoms with E-state index in [2.05, 4.69) is 15.3 Å². The number of hydrogen-bond acceptors (Lipinski definition) is 4. The summed E-state index contributed by atoms with van der Waals surface area (Å²) >= 11 is 0. The molecule has 0 spiro atoms. The van der Waals surface area contributed by atoms with E-state index in [-0.39, 0.29) is 12.5 Å². The largest absolute Gasteiger partial charge is 0.484 e. The molecule has 1 N–H and O–H groups in total. The van der Waals surface area contributed by atoms with E-state index in [9.17, 15) is 4.79 Å². The highest BCUT2D eigenvalue weighted by Crippen LogP contribution is 2.22. The van der Waals surface area contributed by atoms with Crippen molar-refractivity contribution in [2.24, 2.45) is 0 Å². The fraction of sp³-hybridized carbons (Fsp3) is 0.0870. The zero-order chi connectivity index (χ0) is 19.3. The number of hydrogen-bond donors (Lipinski definition) is 1. The van der Waals surface area contributed by atoms with Crippen molar-refractivity contribution in [2.45, 2.75) is 6.92 Å². The van der Waals surface area contributed by atoms with Crippen LogP contribution in [0.1, 0.15) is 5.56 Å². The van der Waals surface area contributed by atoms with Crippen LogP contribution in [-0.4, -0.2) is 22.5 Å². The Labute approximate surface area is 163 Å². The summed E-state index contributed by atoms with van der Waals surface area (Å²) < 4.78 is 5.58. The Balaban J connectivity index is 1.39. The van der Waals surface area contributed by atoms with Crippen LogP contribution in [0.15, 0.2) is 79.0 Å². The Kier molecular flexibility index (Phi) is 4.97. The number of rotatable bonds is 5. The van der Waals surface area contributed by atoms with Gasteiger partial charge in [0.05, 0.1) is 22.9 Å². The Morgan fingerprint density at radius 1 is 0.964 bits per heavy atom. The van der Waals surface area contributed by atoms with Gasteiger partial charge in [-0.1, -0.05) is 24.3 Å². The van der Waals surface area contributed by atoms with E-state index in [1.165, 1.54) is 0 Å². The standard InChI is InChI=1S/C23H19N3O2/c1-16-5-4-6-18(13-16)25-23(27)15-28-19-11-9-17(10-12-19)22-14-24-20-7-2-3-8-21(20)26-22/h2-14H,15H2,1H3,(H,25,27). The van der Waals surface area contributed by atoms with Gasteiger partial charge in [-0.15, -0.1) is 0 Å². The number of ether oxygens (including phenoxy) is 1. The Hall–Kier alpha value is -3.73. The van der Waals surface area contributed by atoms with Gasteiger partial charge in [-0.3, -0.25) is 9.78 Å². The lowest BCUT2D eigenvalue weighted by atomic mass is 10.1. The van der Waals surface area contributed by atoms with E-state index in [1.54, 1.807) is 6.20 Å². The first-order valence-electron chi connectivity index (χ1n) is 8.99. The van der Waals surface area contributed by atoms with E-state index in [1.807, 2.05) is 79.7 Å². The quantitative estimate of drug-likeness (QED) is 0.557. The van der Waals surface area contributed by atoms with Crippen molar-refractivity contribution in [1.29, 1.82) is 0 Å². The van der Waals surface area contributed by atoms with E-state index in [4.69, 9.17) is 4.74 Å². The van der Waals surface area contributed by atoms with Gasteiger partial charge >= 0.3 is 0 Å². The van der Waals surface area contributed by atoms with Gasteiger partial charge in [-0.2, -0.15) is 0 Å². The Bertz CT molecular complexity index is 1120. The highest BCUT2D eigenvalue weighted by molar-refractivity contribution is 5.91. The number of para-hydroxylation sites is 2. The molecule has 1 heterocycles. The Morgan fingerprint density at radius 3 is 2.54 bits per heavy atom. The third kappa shape index (κ3) is 4.15. The third-order valence-electron chi connectivity index (χ3n) is 4.27. The molecule has 1 aromatic heterocycles. The first kappa shape index (κ1) is 17.7. The van der Waals surface area contributed by atoms with Crippen LogP contribution >= 0.6 is 0 Å². The second-order valence-corrected chi connectivity index (χ2v) is 6.47. The zero-order valence-electron chi connectivity index (χ0n) is 15.4. The average molecular weight is 369 g/mol. The fourth-order valence-electron chi connectivity index (χ4n) is 2.89. The number of carbonyl (C=O) groups is 1. The first-order chi connectivity index (χ1) is 13.7. The number of carbonyl (C=O) groups excluding carboxylic acids is 1. The predicted octanol–water partition coefficient (Wildman–Crippen LogP) is 4.62. The second-order valence-electron chi connectivity index (χ2n) is 6.47. The lowest BCUT2D eigenvalue weighted by Crippen LogP contribution is -2.20. The van der Waals surface area contributed by atoms with Crippen molar-refractivity contribution in [3.63, 3.8) is 0 Å². The molecular weight excluding hydrogens is 350 g/mol. The molecule has 138 valence electrons. The van der Waals surface area contributed by atoms with Gasteiger partial charge in [0.15, 0.2) is 6.61 Å². The summed E-state index contributed by atoms with van der Waals surface area (Å²) in [6, 6.07) is 22.9. The average Bonchev–Trinajstić information content (AvgIpc) is 2.72. The minimum atomic E-state index is -0.199. The summed E-state index contributed by atoms with van der Waals surface area (Å²) in [6.07, 6.45) is 1.76. The number of aryl methyl sites for hydroxylation is 1. The molecule has 0 aliphatic rings. The van der Waals surface area contributed by atoms with Crippen molar-refractivity contribution in [3.8, 4) is 17.0 Å².